The lowest BCUT2D eigenvalue weighted by Gasteiger charge is -2.15. The molecule has 2 nitrogen and oxygen atoms in total. The number of hydrogen-bond donors (Lipinski definition) is 1. The van der Waals surface area contributed by atoms with Crippen LogP contribution in [0, 0.1) is 0 Å². The molecule has 98 valence electrons. The molecule has 1 N–H and O–H groups in total. The van der Waals surface area contributed by atoms with Crippen LogP contribution in [0.15, 0.2) is 42.5 Å². The Bertz CT molecular complexity index is 594. The Morgan fingerprint density at radius 2 is 1.79 bits per heavy atom. The van der Waals surface area contributed by atoms with Gasteiger partial charge in [0.05, 0.1) is 0 Å². The summed E-state index contributed by atoms with van der Waals surface area (Å²) in [5, 5.41) is 11.1. The summed E-state index contributed by atoms with van der Waals surface area (Å²) < 4.78 is 0. The third kappa shape index (κ3) is 2.34. The number of halogens is 1. The summed E-state index contributed by atoms with van der Waals surface area (Å²) in [5.74, 6) is 0. The van der Waals surface area contributed by atoms with Crippen molar-refractivity contribution in [1.29, 1.82) is 0 Å². The van der Waals surface area contributed by atoms with Crippen molar-refractivity contribution in [2.75, 3.05) is 18.5 Å². The molecule has 0 bridgehead atoms. The fourth-order valence-electron chi connectivity index (χ4n) is 2.59. The summed E-state index contributed by atoms with van der Waals surface area (Å²) >= 11 is 5.87. The number of hydrogen-bond acceptors (Lipinski definition) is 2. The Labute approximate surface area is 118 Å². The highest BCUT2D eigenvalue weighted by Crippen LogP contribution is 2.31. The van der Waals surface area contributed by atoms with E-state index in [1.807, 2.05) is 18.2 Å². The monoisotopic (exact) mass is 273 g/mol. The summed E-state index contributed by atoms with van der Waals surface area (Å²) in [7, 11) is 2.10. The molecule has 0 aromatic heterocycles. The summed E-state index contributed by atoms with van der Waals surface area (Å²) in [6, 6.07) is 13.6. The highest BCUT2D eigenvalue weighted by molar-refractivity contribution is 6.30. The van der Waals surface area contributed by atoms with Crippen LogP contribution in [0.2, 0.25) is 5.02 Å². The molecule has 3 heteroatoms. The summed E-state index contributed by atoms with van der Waals surface area (Å²) in [5.41, 5.74) is 4.40. The van der Waals surface area contributed by atoms with Crippen LogP contribution in [0.3, 0.4) is 0 Å². The summed E-state index contributed by atoms with van der Waals surface area (Å²) in [6.45, 7) is 1.05. The Hall–Kier alpha value is -1.51. The third-order valence-corrected chi connectivity index (χ3v) is 3.98. The topological polar surface area (TPSA) is 23.5 Å². The molecular weight excluding hydrogens is 258 g/mol. The smallest absolute Gasteiger partial charge is 0.104 e. The molecule has 0 fully saturated rings. The highest BCUT2D eigenvalue weighted by Gasteiger charge is 2.18. The maximum absolute atomic E-state index is 10.4. The first kappa shape index (κ1) is 12.5. The molecule has 1 aliphatic rings. The summed E-state index contributed by atoms with van der Waals surface area (Å²) in [6.07, 6.45) is 0.459. The minimum Gasteiger partial charge on any atom is -0.384 e. The maximum Gasteiger partial charge on any atom is 0.104 e. The zero-order valence-corrected chi connectivity index (χ0v) is 11.6. The van der Waals surface area contributed by atoms with Gasteiger partial charge in [-0.3, -0.25) is 0 Å². The van der Waals surface area contributed by atoms with E-state index in [1.54, 1.807) is 12.1 Å². The molecule has 2 aromatic rings. The number of likely N-dealkylation sites (N-methyl/N-ethyl adjacent to an activating group) is 1. The maximum atomic E-state index is 10.4. The standard InChI is InChI=1S/C16H16ClNO/c1-18-9-8-12-10-13(4-7-15(12)18)16(19)11-2-5-14(17)6-3-11/h2-7,10,16,19H,8-9H2,1H3. The van der Waals surface area contributed by atoms with Crippen molar-refractivity contribution < 1.29 is 5.11 Å². The molecule has 1 heterocycles. The lowest BCUT2D eigenvalue weighted by atomic mass is 9.99. The van der Waals surface area contributed by atoms with E-state index in [9.17, 15) is 5.11 Å². The predicted octanol–water partition coefficient (Wildman–Crippen LogP) is 3.41. The van der Waals surface area contributed by atoms with Crippen molar-refractivity contribution in [3.63, 3.8) is 0 Å². The largest absolute Gasteiger partial charge is 0.384 e. The van der Waals surface area contributed by atoms with Gasteiger partial charge in [0, 0.05) is 24.3 Å². The van der Waals surface area contributed by atoms with Gasteiger partial charge in [0.1, 0.15) is 6.10 Å². The number of fused-ring (bicyclic) bond motifs is 1. The van der Waals surface area contributed by atoms with E-state index in [1.165, 1.54) is 11.3 Å². The van der Waals surface area contributed by atoms with Crippen LogP contribution in [0.4, 0.5) is 5.69 Å². The van der Waals surface area contributed by atoms with Crippen LogP contribution in [0.5, 0.6) is 0 Å². The van der Waals surface area contributed by atoms with E-state index in [0.29, 0.717) is 5.02 Å². The average Bonchev–Trinajstić information content (AvgIpc) is 2.80. The number of anilines is 1. The third-order valence-electron chi connectivity index (χ3n) is 3.73. The van der Waals surface area contributed by atoms with Gasteiger partial charge in [0.2, 0.25) is 0 Å². The second kappa shape index (κ2) is 4.87. The van der Waals surface area contributed by atoms with E-state index in [2.05, 4.69) is 24.1 Å². The molecule has 3 rings (SSSR count). The summed E-state index contributed by atoms with van der Waals surface area (Å²) in [4.78, 5) is 2.24. The van der Waals surface area contributed by atoms with Crippen LogP contribution < -0.4 is 4.90 Å². The fourth-order valence-corrected chi connectivity index (χ4v) is 2.72. The lowest BCUT2D eigenvalue weighted by molar-refractivity contribution is 0.220. The van der Waals surface area contributed by atoms with E-state index in [-0.39, 0.29) is 0 Å². The number of aliphatic hydroxyl groups is 1. The van der Waals surface area contributed by atoms with Crippen molar-refractivity contribution in [3.05, 3.63) is 64.2 Å². The molecule has 1 aliphatic heterocycles. The van der Waals surface area contributed by atoms with E-state index in [4.69, 9.17) is 11.6 Å². The van der Waals surface area contributed by atoms with Gasteiger partial charge in [-0.1, -0.05) is 35.9 Å². The molecule has 0 aliphatic carbocycles. The van der Waals surface area contributed by atoms with Gasteiger partial charge in [0.15, 0.2) is 0 Å². The van der Waals surface area contributed by atoms with Crippen LogP contribution in [-0.2, 0) is 6.42 Å². The van der Waals surface area contributed by atoms with E-state index in [0.717, 1.165) is 24.1 Å². The molecule has 0 spiro atoms. The van der Waals surface area contributed by atoms with Crippen LogP contribution in [-0.4, -0.2) is 18.7 Å². The van der Waals surface area contributed by atoms with E-state index >= 15 is 0 Å². The van der Waals surface area contributed by atoms with Crippen LogP contribution >= 0.6 is 11.6 Å². The van der Waals surface area contributed by atoms with Crippen molar-refractivity contribution in [2.24, 2.45) is 0 Å². The van der Waals surface area contributed by atoms with Gasteiger partial charge < -0.3 is 10.0 Å². The Morgan fingerprint density at radius 3 is 2.53 bits per heavy atom. The van der Waals surface area contributed by atoms with Crippen molar-refractivity contribution in [3.8, 4) is 0 Å². The molecule has 1 atom stereocenters. The van der Waals surface area contributed by atoms with Gasteiger partial charge >= 0.3 is 0 Å². The Kier molecular flexibility index (Phi) is 3.21. The second-order valence-electron chi connectivity index (χ2n) is 5.01. The van der Waals surface area contributed by atoms with Crippen molar-refractivity contribution >= 4 is 17.3 Å². The number of rotatable bonds is 2. The van der Waals surface area contributed by atoms with Crippen molar-refractivity contribution in [1.82, 2.24) is 0 Å². The number of benzene rings is 2. The molecule has 1 unspecified atom stereocenters. The predicted molar refractivity (Wildman–Crippen MR) is 78.9 cm³/mol. The number of aliphatic hydroxyl groups excluding tert-OH is 1. The van der Waals surface area contributed by atoms with Crippen molar-refractivity contribution in [2.45, 2.75) is 12.5 Å². The quantitative estimate of drug-likeness (QED) is 0.906. The lowest BCUT2D eigenvalue weighted by Crippen LogP contribution is -2.12. The van der Waals surface area contributed by atoms with Gasteiger partial charge in [-0.2, -0.15) is 0 Å². The van der Waals surface area contributed by atoms with Crippen LogP contribution in [0.1, 0.15) is 22.8 Å². The zero-order chi connectivity index (χ0) is 13.4. The zero-order valence-electron chi connectivity index (χ0n) is 10.8. The molecule has 2 aromatic carbocycles. The van der Waals surface area contributed by atoms with Gasteiger partial charge in [-0.05, 0) is 41.3 Å². The van der Waals surface area contributed by atoms with E-state index < -0.39 is 6.10 Å². The van der Waals surface area contributed by atoms with Gasteiger partial charge in [-0.15, -0.1) is 0 Å². The Balaban J connectivity index is 1.92. The normalized spacial score (nSPS) is 15.4. The SMILES string of the molecule is CN1CCc2cc(C(O)c3ccc(Cl)cc3)ccc21. The first-order valence-corrected chi connectivity index (χ1v) is 6.80. The minimum absolute atomic E-state index is 0.589. The molecule has 19 heavy (non-hydrogen) atoms. The van der Waals surface area contributed by atoms with Crippen LogP contribution in [0.25, 0.3) is 0 Å². The highest BCUT2D eigenvalue weighted by atomic mass is 35.5. The molecule has 0 radical (unpaired) electrons. The average molecular weight is 274 g/mol. The number of nitrogens with zero attached hydrogens (tertiary/aromatic N) is 1. The van der Waals surface area contributed by atoms with Gasteiger partial charge in [0.25, 0.3) is 0 Å². The molecule has 0 saturated carbocycles. The van der Waals surface area contributed by atoms with Gasteiger partial charge in [-0.25, -0.2) is 0 Å². The molecule has 0 saturated heterocycles. The second-order valence-corrected chi connectivity index (χ2v) is 5.45. The minimum atomic E-state index is -0.589. The first-order valence-electron chi connectivity index (χ1n) is 6.42. The molecular formula is C16H16ClNO. The first-order chi connectivity index (χ1) is 9.15. The Morgan fingerprint density at radius 1 is 1.11 bits per heavy atom. The molecule has 0 amide bonds. The fraction of sp³-hybridized carbons (Fsp3) is 0.250.